The lowest BCUT2D eigenvalue weighted by atomic mass is 10.2. The zero-order valence-electron chi connectivity index (χ0n) is 9.84. The maximum absolute atomic E-state index is 10.9. The molecule has 2 N–H and O–H groups in total. The van der Waals surface area contributed by atoms with Crippen LogP contribution in [0.25, 0.3) is 0 Å². The maximum Gasteiger partial charge on any atom is 0.335 e. The minimum Gasteiger partial charge on any atom is -0.495 e. The Morgan fingerprint density at radius 1 is 1.44 bits per heavy atom. The van der Waals surface area contributed by atoms with Crippen LogP contribution in [0, 0.1) is 0 Å². The van der Waals surface area contributed by atoms with Gasteiger partial charge in [0.25, 0.3) is 0 Å². The molecule has 0 unspecified atom stereocenters. The number of thiophene rings is 1. The zero-order chi connectivity index (χ0) is 13.0. The van der Waals surface area contributed by atoms with Gasteiger partial charge in [0.2, 0.25) is 0 Å². The van der Waals surface area contributed by atoms with Crippen LogP contribution in [0.4, 0.5) is 5.69 Å². The summed E-state index contributed by atoms with van der Waals surface area (Å²) in [6.07, 6.45) is 0. The summed E-state index contributed by atoms with van der Waals surface area (Å²) in [6.45, 7) is 0.642. The molecule has 0 aliphatic rings. The number of hydrogen-bond acceptors (Lipinski definition) is 4. The van der Waals surface area contributed by atoms with Crippen molar-refractivity contribution in [3.05, 3.63) is 46.2 Å². The van der Waals surface area contributed by atoms with E-state index in [1.54, 1.807) is 30.6 Å². The molecule has 1 aromatic heterocycles. The fourth-order valence-corrected chi connectivity index (χ4v) is 2.24. The second-order valence-electron chi connectivity index (χ2n) is 3.71. The van der Waals surface area contributed by atoms with E-state index in [9.17, 15) is 4.79 Å². The van der Waals surface area contributed by atoms with Crippen molar-refractivity contribution in [2.24, 2.45) is 0 Å². The molecule has 0 saturated heterocycles. The molecule has 0 spiro atoms. The molecule has 4 nitrogen and oxygen atoms in total. The van der Waals surface area contributed by atoms with Crippen LogP contribution in [0.15, 0.2) is 35.0 Å². The first kappa shape index (κ1) is 12.4. The van der Waals surface area contributed by atoms with E-state index in [0.717, 1.165) is 5.56 Å². The van der Waals surface area contributed by atoms with Gasteiger partial charge in [-0.1, -0.05) is 0 Å². The highest BCUT2D eigenvalue weighted by Crippen LogP contribution is 2.26. The molecule has 2 rings (SSSR count). The third-order valence-electron chi connectivity index (χ3n) is 2.51. The smallest absolute Gasteiger partial charge is 0.335 e. The van der Waals surface area contributed by atoms with Gasteiger partial charge in [0.15, 0.2) is 0 Å². The fraction of sp³-hybridized carbons (Fsp3) is 0.154. The number of benzene rings is 1. The van der Waals surface area contributed by atoms with Crippen molar-refractivity contribution in [3.63, 3.8) is 0 Å². The molecule has 0 bridgehead atoms. The van der Waals surface area contributed by atoms with Crippen LogP contribution in [0.3, 0.4) is 0 Å². The molecule has 2 aromatic rings. The van der Waals surface area contributed by atoms with Gasteiger partial charge in [-0.05, 0) is 40.6 Å². The Labute approximate surface area is 109 Å². The monoisotopic (exact) mass is 263 g/mol. The van der Waals surface area contributed by atoms with Crippen LogP contribution in [0.1, 0.15) is 15.9 Å². The molecule has 0 aliphatic carbocycles. The van der Waals surface area contributed by atoms with Crippen LogP contribution in [-0.2, 0) is 6.54 Å². The second kappa shape index (κ2) is 5.55. The molecule has 1 heterocycles. The van der Waals surface area contributed by atoms with Gasteiger partial charge in [0.1, 0.15) is 5.75 Å². The Morgan fingerprint density at radius 2 is 2.28 bits per heavy atom. The Kier molecular flexibility index (Phi) is 3.84. The van der Waals surface area contributed by atoms with Gasteiger partial charge >= 0.3 is 5.97 Å². The van der Waals surface area contributed by atoms with Crippen molar-refractivity contribution in [2.75, 3.05) is 12.4 Å². The van der Waals surface area contributed by atoms with Crippen molar-refractivity contribution in [1.82, 2.24) is 0 Å². The van der Waals surface area contributed by atoms with E-state index in [2.05, 4.69) is 5.32 Å². The largest absolute Gasteiger partial charge is 0.495 e. The molecule has 94 valence electrons. The third-order valence-corrected chi connectivity index (χ3v) is 3.24. The minimum absolute atomic E-state index is 0.239. The molecular formula is C13H13NO3S. The normalized spacial score (nSPS) is 10.1. The molecule has 0 amide bonds. The lowest BCUT2D eigenvalue weighted by molar-refractivity contribution is 0.0697. The van der Waals surface area contributed by atoms with Gasteiger partial charge < -0.3 is 15.2 Å². The number of carbonyl (C=O) groups is 1. The predicted molar refractivity (Wildman–Crippen MR) is 71.6 cm³/mol. The summed E-state index contributed by atoms with van der Waals surface area (Å²) in [6, 6.07) is 6.77. The summed E-state index contributed by atoms with van der Waals surface area (Å²) in [5, 5.41) is 16.2. The number of ether oxygens (including phenoxy) is 1. The highest BCUT2D eigenvalue weighted by atomic mass is 32.1. The first-order valence-electron chi connectivity index (χ1n) is 5.37. The predicted octanol–water partition coefficient (Wildman–Crippen LogP) is 3.07. The summed E-state index contributed by atoms with van der Waals surface area (Å²) in [5.74, 6) is -0.313. The molecule has 0 saturated carbocycles. The van der Waals surface area contributed by atoms with E-state index in [1.807, 2.05) is 16.8 Å². The highest BCUT2D eigenvalue weighted by molar-refractivity contribution is 7.07. The van der Waals surface area contributed by atoms with Crippen LogP contribution in [-0.4, -0.2) is 18.2 Å². The average Bonchev–Trinajstić information content (AvgIpc) is 2.89. The lowest BCUT2D eigenvalue weighted by Crippen LogP contribution is -2.03. The van der Waals surface area contributed by atoms with E-state index in [4.69, 9.17) is 9.84 Å². The van der Waals surface area contributed by atoms with Crippen molar-refractivity contribution in [3.8, 4) is 5.75 Å². The number of rotatable bonds is 5. The number of carboxylic acid groups (broad SMARTS) is 1. The zero-order valence-corrected chi connectivity index (χ0v) is 10.7. The number of nitrogens with one attached hydrogen (secondary N) is 1. The van der Waals surface area contributed by atoms with Crippen LogP contribution >= 0.6 is 11.3 Å². The topological polar surface area (TPSA) is 58.6 Å². The van der Waals surface area contributed by atoms with E-state index >= 15 is 0 Å². The first-order valence-corrected chi connectivity index (χ1v) is 6.31. The molecule has 0 radical (unpaired) electrons. The molecule has 0 atom stereocenters. The SMILES string of the molecule is COc1ccc(C(=O)O)cc1NCc1ccsc1. The number of methoxy groups -OCH3 is 1. The number of anilines is 1. The summed E-state index contributed by atoms with van der Waals surface area (Å²) in [5.41, 5.74) is 2.08. The summed E-state index contributed by atoms with van der Waals surface area (Å²) in [4.78, 5) is 10.9. The second-order valence-corrected chi connectivity index (χ2v) is 4.49. The van der Waals surface area contributed by atoms with Crippen LogP contribution in [0.2, 0.25) is 0 Å². The van der Waals surface area contributed by atoms with Gasteiger partial charge in [-0.2, -0.15) is 11.3 Å². The van der Waals surface area contributed by atoms with E-state index in [-0.39, 0.29) is 5.56 Å². The molecule has 0 aliphatic heterocycles. The van der Waals surface area contributed by atoms with Gasteiger partial charge in [-0.25, -0.2) is 4.79 Å². The molecule has 1 aromatic carbocycles. The Bertz CT molecular complexity index is 537. The van der Waals surface area contributed by atoms with Crippen LogP contribution in [0.5, 0.6) is 5.75 Å². The van der Waals surface area contributed by atoms with Gasteiger partial charge in [0, 0.05) is 6.54 Å². The maximum atomic E-state index is 10.9. The quantitative estimate of drug-likeness (QED) is 0.870. The van der Waals surface area contributed by atoms with Crippen molar-refractivity contribution < 1.29 is 14.6 Å². The Balaban J connectivity index is 2.18. The van der Waals surface area contributed by atoms with Gasteiger partial charge in [0.05, 0.1) is 18.4 Å². The van der Waals surface area contributed by atoms with Crippen molar-refractivity contribution >= 4 is 23.0 Å². The summed E-state index contributed by atoms with van der Waals surface area (Å²) >= 11 is 1.63. The first-order chi connectivity index (χ1) is 8.70. The molecule has 0 fully saturated rings. The average molecular weight is 263 g/mol. The van der Waals surface area contributed by atoms with E-state index in [1.165, 1.54) is 6.07 Å². The molecule has 18 heavy (non-hydrogen) atoms. The summed E-state index contributed by atoms with van der Waals surface area (Å²) in [7, 11) is 1.56. The number of hydrogen-bond donors (Lipinski definition) is 2. The molecular weight excluding hydrogens is 250 g/mol. The fourth-order valence-electron chi connectivity index (χ4n) is 1.57. The standard InChI is InChI=1S/C13H13NO3S/c1-17-12-3-2-10(13(15)16)6-11(12)14-7-9-4-5-18-8-9/h2-6,8,14H,7H2,1H3,(H,15,16). The minimum atomic E-state index is -0.948. The third kappa shape index (κ3) is 2.81. The Hall–Kier alpha value is -2.01. The van der Waals surface area contributed by atoms with E-state index in [0.29, 0.717) is 18.0 Å². The summed E-state index contributed by atoms with van der Waals surface area (Å²) < 4.78 is 5.20. The van der Waals surface area contributed by atoms with Crippen molar-refractivity contribution in [2.45, 2.75) is 6.54 Å². The lowest BCUT2D eigenvalue weighted by Gasteiger charge is -2.11. The number of aromatic carboxylic acids is 1. The number of carboxylic acids is 1. The highest BCUT2D eigenvalue weighted by Gasteiger charge is 2.08. The van der Waals surface area contributed by atoms with Crippen LogP contribution < -0.4 is 10.1 Å². The van der Waals surface area contributed by atoms with E-state index < -0.39 is 5.97 Å². The van der Waals surface area contributed by atoms with Gasteiger partial charge in [-0.3, -0.25) is 0 Å². The van der Waals surface area contributed by atoms with Crippen molar-refractivity contribution in [1.29, 1.82) is 0 Å². The van der Waals surface area contributed by atoms with Gasteiger partial charge in [-0.15, -0.1) is 0 Å². The molecule has 5 heteroatoms. The Morgan fingerprint density at radius 3 is 2.89 bits per heavy atom.